The van der Waals surface area contributed by atoms with Crippen molar-refractivity contribution in [1.29, 1.82) is 0 Å². The quantitative estimate of drug-likeness (QED) is 0.202. The van der Waals surface area contributed by atoms with Crippen LogP contribution in [0.1, 0.15) is 26.0 Å². The molecule has 2 aromatic carbocycles. The zero-order valence-corrected chi connectivity index (χ0v) is 20.7. The van der Waals surface area contributed by atoms with Crippen molar-refractivity contribution in [3.63, 3.8) is 0 Å². The topological polar surface area (TPSA) is 138 Å². The van der Waals surface area contributed by atoms with Gasteiger partial charge in [0.1, 0.15) is 5.76 Å². The maximum Gasteiger partial charge on any atom is 0.354 e. The molecular formula is C23H21Cl2N3O8. The van der Waals surface area contributed by atoms with Crippen LogP contribution in [-0.2, 0) is 11.3 Å². The smallest absolute Gasteiger partial charge is 0.354 e. The van der Waals surface area contributed by atoms with E-state index in [1.54, 1.807) is 12.1 Å². The van der Waals surface area contributed by atoms with Gasteiger partial charge in [-0.2, -0.15) is 0 Å². The SMILES string of the molecule is CCCN(Cc1ccco1)C(=O)C(C)Oc1c(Cl)ccc(Oc2ccc(Cl)cc2[N+](=O)[O-])c1[N+](=O)[O-]. The van der Waals surface area contributed by atoms with Crippen molar-refractivity contribution < 1.29 is 28.5 Å². The molecule has 13 heteroatoms. The first-order valence-corrected chi connectivity index (χ1v) is 11.4. The summed E-state index contributed by atoms with van der Waals surface area (Å²) in [7, 11) is 0. The minimum Gasteiger partial charge on any atom is -0.473 e. The molecule has 0 saturated heterocycles. The minimum absolute atomic E-state index is 0.0854. The van der Waals surface area contributed by atoms with Crippen molar-refractivity contribution in [3.05, 3.63) is 84.8 Å². The molecule has 36 heavy (non-hydrogen) atoms. The van der Waals surface area contributed by atoms with Crippen LogP contribution in [0.3, 0.4) is 0 Å². The fraction of sp³-hybridized carbons (Fsp3) is 0.261. The van der Waals surface area contributed by atoms with E-state index in [1.807, 2.05) is 6.92 Å². The standard InChI is InChI=1S/C23H21Cl2N3O8/c1-3-10-26(13-16-5-4-11-34-16)23(29)14(2)35-22-17(25)7-9-20(21(22)28(32)33)36-19-8-6-15(24)12-18(19)27(30)31/h4-9,11-12,14H,3,10,13H2,1-2H3. The van der Waals surface area contributed by atoms with Crippen LogP contribution in [0.5, 0.6) is 17.2 Å². The van der Waals surface area contributed by atoms with Gasteiger partial charge in [-0.15, -0.1) is 0 Å². The highest BCUT2D eigenvalue weighted by Gasteiger charge is 2.32. The zero-order chi connectivity index (χ0) is 26.4. The molecule has 11 nitrogen and oxygen atoms in total. The number of furan rings is 1. The van der Waals surface area contributed by atoms with Crippen LogP contribution in [0.4, 0.5) is 11.4 Å². The number of hydrogen-bond acceptors (Lipinski definition) is 8. The third-order valence-corrected chi connectivity index (χ3v) is 5.47. The maximum absolute atomic E-state index is 13.1. The van der Waals surface area contributed by atoms with Gasteiger partial charge in [0.2, 0.25) is 17.2 Å². The number of hydrogen-bond donors (Lipinski definition) is 0. The largest absolute Gasteiger partial charge is 0.473 e. The van der Waals surface area contributed by atoms with E-state index in [-0.39, 0.29) is 28.1 Å². The van der Waals surface area contributed by atoms with Crippen LogP contribution in [-0.4, -0.2) is 33.3 Å². The Balaban J connectivity index is 1.93. The van der Waals surface area contributed by atoms with E-state index in [1.165, 1.54) is 42.4 Å². The zero-order valence-electron chi connectivity index (χ0n) is 19.2. The molecule has 0 fully saturated rings. The molecule has 0 aliphatic carbocycles. The van der Waals surface area contributed by atoms with Crippen molar-refractivity contribution >= 4 is 40.5 Å². The van der Waals surface area contributed by atoms with Gasteiger partial charge in [0.05, 0.1) is 27.7 Å². The van der Waals surface area contributed by atoms with Gasteiger partial charge >= 0.3 is 11.4 Å². The Bertz CT molecular complexity index is 1270. The lowest BCUT2D eigenvalue weighted by Gasteiger charge is -2.25. The summed E-state index contributed by atoms with van der Waals surface area (Å²) in [5.41, 5.74) is -1.19. The molecule has 0 N–H and O–H groups in total. The van der Waals surface area contributed by atoms with Gasteiger partial charge in [-0.25, -0.2) is 0 Å². The first-order chi connectivity index (χ1) is 17.1. The monoisotopic (exact) mass is 537 g/mol. The molecule has 1 heterocycles. The Kier molecular flexibility index (Phi) is 8.73. The first kappa shape index (κ1) is 26.8. The van der Waals surface area contributed by atoms with Crippen LogP contribution < -0.4 is 9.47 Å². The highest BCUT2D eigenvalue weighted by molar-refractivity contribution is 6.32. The summed E-state index contributed by atoms with van der Waals surface area (Å²) >= 11 is 12.0. The highest BCUT2D eigenvalue weighted by atomic mass is 35.5. The molecule has 0 aliphatic heterocycles. The number of rotatable bonds is 11. The number of nitro benzene ring substituents is 2. The molecule has 1 unspecified atom stereocenters. The molecule has 0 spiro atoms. The molecule has 0 radical (unpaired) electrons. The van der Waals surface area contributed by atoms with Crippen LogP contribution in [0.15, 0.2) is 53.1 Å². The van der Waals surface area contributed by atoms with Crippen LogP contribution in [0.25, 0.3) is 0 Å². The lowest BCUT2D eigenvalue weighted by atomic mass is 10.2. The fourth-order valence-electron chi connectivity index (χ4n) is 3.35. The van der Waals surface area contributed by atoms with Crippen molar-refractivity contribution in [2.24, 2.45) is 0 Å². The van der Waals surface area contributed by atoms with Gasteiger partial charge in [-0.05, 0) is 49.7 Å². The van der Waals surface area contributed by atoms with E-state index >= 15 is 0 Å². The number of nitro groups is 2. The number of benzene rings is 2. The maximum atomic E-state index is 13.1. The van der Waals surface area contributed by atoms with Gasteiger partial charge in [0, 0.05) is 17.6 Å². The average molecular weight is 538 g/mol. The fourth-order valence-corrected chi connectivity index (χ4v) is 3.71. The van der Waals surface area contributed by atoms with E-state index < -0.39 is 39.0 Å². The second-order valence-electron chi connectivity index (χ2n) is 7.55. The summed E-state index contributed by atoms with van der Waals surface area (Å²) < 4.78 is 16.5. The summed E-state index contributed by atoms with van der Waals surface area (Å²) in [5, 5.41) is 23.3. The predicted octanol–water partition coefficient (Wildman–Crippen LogP) is 6.40. The number of carbonyl (C=O) groups is 1. The van der Waals surface area contributed by atoms with Crippen molar-refractivity contribution in [1.82, 2.24) is 4.90 Å². The van der Waals surface area contributed by atoms with E-state index in [0.717, 1.165) is 6.07 Å². The number of halogens is 2. The first-order valence-electron chi connectivity index (χ1n) is 10.7. The minimum atomic E-state index is -1.16. The third kappa shape index (κ3) is 6.23. The average Bonchev–Trinajstić information content (AvgIpc) is 3.34. The normalized spacial score (nSPS) is 11.6. The molecule has 0 saturated carbocycles. The summed E-state index contributed by atoms with van der Waals surface area (Å²) in [5.74, 6) is -0.944. The van der Waals surface area contributed by atoms with Crippen molar-refractivity contribution in [3.8, 4) is 17.2 Å². The van der Waals surface area contributed by atoms with E-state index in [2.05, 4.69) is 0 Å². The van der Waals surface area contributed by atoms with Crippen LogP contribution >= 0.6 is 23.2 Å². The van der Waals surface area contributed by atoms with Gasteiger partial charge in [-0.3, -0.25) is 25.0 Å². The lowest BCUT2D eigenvalue weighted by Crippen LogP contribution is -2.40. The van der Waals surface area contributed by atoms with Gasteiger partial charge in [0.15, 0.2) is 6.10 Å². The molecule has 3 rings (SSSR count). The van der Waals surface area contributed by atoms with Crippen molar-refractivity contribution in [2.45, 2.75) is 32.9 Å². The number of ether oxygens (including phenoxy) is 2. The Morgan fingerprint density at radius 1 is 1.11 bits per heavy atom. The molecule has 0 aliphatic rings. The molecule has 1 aromatic heterocycles. The number of carbonyl (C=O) groups excluding carboxylic acids is 1. The van der Waals surface area contributed by atoms with Gasteiger partial charge in [-0.1, -0.05) is 30.1 Å². The van der Waals surface area contributed by atoms with Crippen molar-refractivity contribution in [2.75, 3.05) is 6.54 Å². The van der Waals surface area contributed by atoms with E-state index in [9.17, 15) is 25.0 Å². The molecule has 3 aromatic rings. The van der Waals surface area contributed by atoms with E-state index in [4.69, 9.17) is 37.1 Å². The summed E-state index contributed by atoms with van der Waals surface area (Å²) in [6.45, 7) is 3.91. The third-order valence-electron chi connectivity index (χ3n) is 4.94. The Hall–Kier alpha value is -3.83. The summed E-state index contributed by atoms with van der Waals surface area (Å²) in [4.78, 5) is 36.4. The molecule has 1 atom stereocenters. The second kappa shape index (κ2) is 11.7. The Labute approximate surface area is 215 Å². The molecule has 1 amide bonds. The molecule has 0 bridgehead atoms. The molecule has 190 valence electrons. The number of amides is 1. The van der Waals surface area contributed by atoms with Gasteiger partial charge in [0.25, 0.3) is 5.91 Å². The summed E-state index contributed by atoms with van der Waals surface area (Å²) in [6, 6.07) is 9.47. The summed E-state index contributed by atoms with van der Waals surface area (Å²) in [6.07, 6.45) is 0.982. The number of nitrogens with zero attached hydrogens (tertiary/aromatic N) is 3. The van der Waals surface area contributed by atoms with Crippen LogP contribution in [0, 0.1) is 20.2 Å². The predicted molar refractivity (Wildman–Crippen MR) is 131 cm³/mol. The second-order valence-corrected chi connectivity index (χ2v) is 8.39. The van der Waals surface area contributed by atoms with Gasteiger partial charge < -0.3 is 18.8 Å². The lowest BCUT2D eigenvalue weighted by molar-refractivity contribution is -0.388. The highest BCUT2D eigenvalue weighted by Crippen LogP contribution is 2.45. The van der Waals surface area contributed by atoms with Crippen LogP contribution in [0.2, 0.25) is 10.0 Å². The Morgan fingerprint density at radius 2 is 1.83 bits per heavy atom. The Morgan fingerprint density at radius 3 is 2.44 bits per heavy atom. The molecular weight excluding hydrogens is 517 g/mol. The van der Waals surface area contributed by atoms with E-state index in [0.29, 0.717) is 18.7 Å².